The number of ether oxygens (including phenoxy) is 1. The van der Waals surface area contributed by atoms with Crippen LogP contribution in [0.15, 0.2) is 41.4 Å². The van der Waals surface area contributed by atoms with Gasteiger partial charge in [-0.1, -0.05) is 0 Å². The van der Waals surface area contributed by atoms with E-state index in [9.17, 15) is 12.8 Å². The van der Waals surface area contributed by atoms with Crippen LogP contribution in [0.4, 0.5) is 4.39 Å². The summed E-state index contributed by atoms with van der Waals surface area (Å²) in [4.78, 5) is 8.83. The Morgan fingerprint density at radius 1 is 1.31 bits per heavy atom. The fraction of sp³-hybridized carbons (Fsp3) is 0.400. The summed E-state index contributed by atoms with van der Waals surface area (Å²) < 4.78 is 48.8. The number of methoxy groups -OCH3 is 1. The zero-order valence-corrected chi connectivity index (χ0v) is 17.2. The number of fused-ring (bicyclic) bond motifs is 1. The summed E-state index contributed by atoms with van der Waals surface area (Å²) in [5.74, 6) is 0.500. The summed E-state index contributed by atoms with van der Waals surface area (Å²) >= 11 is 0. The number of imidazole rings is 1. The Bertz CT molecular complexity index is 1150. The number of halogens is 1. The van der Waals surface area contributed by atoms with Crippen LogP contribution in [0.2, 0.25) is 0 Å². The van der Waals surface area contributed by atoms with Crippen LogP contribution in [0, 0.1) is 18.7 Å². The van der Waals surface area contributed by atoms with Gasteiger partial charge in [0.25, 0.3) is 0 Å². The van der Waals surface area contributed by atoms with Crippen LogP contribution in [0.1, 0.15) is 18.7 Å². The van der Waals surface area contributed by atoms with Gasteiger partial charge >= 0.3 is 0 Å². The SMILES string of the molecule is COc1ccc(F)cc1S(=O)(=O)N1CCCC(Cn2c(C)nc3cccnc32)C1. The molecule has 0 spiro atoms. The zero-order chi connectivity index (χ0) is 20.6. The second-order valence-electron chi connectivity index (χ2n) is 7.28. The van der Waals surface area contributed by atoms with Gasteiger partial charge in [-0.05, 0) is 56.0 Å². The van der Waals surface area contributed by atoms with Crippen molar-refractivity contribution in [3.05, 3.63) is 48.2 Å². The van der Waals surface area contributed by atoms with Crippen molar-refractivity contribution >= 4 is 21.2 Å². The molecule has 1 aliphatic heterocycles. The predicted octanol–water partition coefficient (Wildman–Crippen LogP) is 2.99. The molecule has 9 heteroatoms. The van der Waals surface area contributed by atoms with Crippen molar-refractivity contribution in [1.82, 2.24) is 18.8 Å². The summed E-state index contributed by atoms with van der Waals surface area (Å²) in [6.07, 6.45) is 3.37. The van der Waals surface area contributed by atoms with Gasteiger partial charge < -0.3 is 9.30 Å². The first kappa shape index (κ1) is 19.8. The molecule has 3 heterocycles. The van der Waals surface area contributed by atoms with E-state index >= 15 is 0 Å². The molecule has 3 aromatic rings. The van der Waals surface area contributed by atoms with Crippen molar-refractivity contribution in [3.8, 4) is 5.75 Å². The van der Waals surface area contributed by atoms with Crippen LogP contribution in [-0.2, 0) is 16.6 Å². The summed E-state index contributed by atoms with van der Waals surface area (Å²) in [7, 11) is -2.48. The van der Waals surface area contributed by atoms with E-state index in [-0.39, 0.29) is 16.6 Å². The number of aromatic nitrogens is 3. The van der Waals surface area contributed by atoms with E-state index in [2.05, 4.69) is 9.97 Å². The molecule has 0 N–H and O–H groups in total. The Kier molecular flexibility index (Phi) is 5.26. The molecule has 0 saturated carbocycles. The van der Waals surface area contributed by atoms with Crippen LogP contribution >= 0.6 is 0 Å². The lowest BCUT2D eigenvalue weighted by atomic mass is 9.99. The summed E-state index contributed by atoms with van der Waals surface area (Å²) in [5, 5.41) is 0. The first-order valence-electron chi connectivity index (χ1n) is 9.51. The lowest BCUT2D eigenvalue weighted by molar-refractivity contribution is 0.245. The Labute approximate surface area is 169 Å². The third-order valence-electron chi connectivity index (χ3n) is 5.36. The van der Waals surface area contributed by atoms with Crippen LogP contribution < -0.4 is 4.74 Å². The third kappa shape index (κ3) is 3.72. The van der Waals surface area contributed by atoms with Crippen molar-refractivity contribution < 1.29 is 17.5 Å². The fourth-order valence-corrected chi connectivity index (χ4v) is 5.66. The molecule has 1 aromatic carbocycles. The van der Waals surface area contributed by atoms with Gasteiger partial charge in [0.05, 0.1) is 7.11 Å². The Balaban J connectivity index is 1.60. The first-order valence-corrected chi connectivity index (χ1v) is 11.0. The van der Waals surface area contributed by atoms with Gasteiger partial charge in [0, 0.05) is 25.8 Å². The van der Waals surface area contributed by atoms with E-state index < -0.39 is 15.8 Å². The second kappa shape index (κ2) is 7.72. The molecule has 1 atom stereocenters. The number of sulfonamides is 1. The number of hydrogen-bond acceptors (Lipinski definition) is 5. The molecule has 154 valence electrons. The van der Waals surface area contributed by atoms with Crippen molar-refractivity contribution in [1.29, 1.82) is 0 Å². The number of benzene rings is 1. The predicted molar refractivity (Wildman–Crippen MR) is 107 cm³/mol. The number of rotatable bonds is 5. The number of aryl methyl sites for hydroxylation is 1. The van der Waals surface area contributed by atoms with Gasteiger partial charge in [0.1, 0.15) is 27.8 Å². The molecular weight excluding hydrogens is 395 g/mol. The molecule has 29 heavy (non-hydrogen) atoms. The van der Waals surface area contributed by atoms with Gasteiger partial charge in [-0.3, -0.25) is 0 Å². The highest BCUT2D eigenvalue weighted by atomic mass is 32.2. The summed E-state index contributed by atoms with van der Waals surface area (Å²) in [6.45, 7) is 3.32. The summed E-state index contributed by atoms with van der Waals surface area (Å²) in [6, 6.07) is 7.32. The van der Waals surface area contributed by atoms with E-state index in [4.69, 9.17) is 4.74 Å². The molecule has 1 saturated heterocycles. The molecule has 7 nitrogen and oxygen atoms in total. The minimum absolute atomic E-state index is 0.108. The molecule has 0 aliphatic carbocycles. The monoisotopic (exact) mass is 418 g/mol. The van der Waals surface area contributed by atoms with E-state index in [0.29, 0.717) is 19.6 Å². The van der Waals surface area contributed by atoms with Crippen molar-refractivity contribution in [2.75, 3.05) is 20.2 Å². The lowest BCUT2D eigenvalue weighted by Crippen LogP contribution is -2.41. The Morgan fingerprint density at radius 3 is 2.93 bits per heavy atom. The minimum Gasteiger partial charge on any atom is -0.495 e. The van der Waals surface area contributed by atoms with Crippen LogP contribution in [0.5, 0.6) is 5.75 Å². The lowest BCUT2D eigenvalue weighted by Gasteiger charge is -2.32. The molecular formula is C20H23FN4O3S. The molecule has 1 unspecified atom stereocenters. The van der Waals surface area contributed by atoms with Gasteiger partial charge in [-0.15, -0.1) is 0 Å². The zero-order valence-electron chi connectivity index (χ0n) is 16.4. The molecule has 1 aliphatic rings. The first-order chi connectivity index (χ1) is 13.9. The maximum Gasteiger partial charge on any atom is 0.246 e. The highest BCUT2D eigenvalue weighted by molar-refractivity contribution is 7.89. The van der Waals surface area contributed by atoms with Gasteiger partial charge in [0.2, 0.25) is 10.0 Å². The minimum atomic E-state index is -3.86. The normalized spacial score (nSPS) is 18.2. The molecule has 2 aromatic heterocycles. The van der Waals surface area contributed by atoms with Gasteiger partial charge in [-0.25, -0.2) is 22.8 Å². The van der Waals surface area contributed by atoms with Gasteiger partial charge in [-0.2, -0.15) is 4.31 Å². The third-order valence-corrected chi connectivity index (χ3v) is 7.25. The average Bonchev–Trinajstić information content (AvgIpc) is 3.03. The van der Waals surface area contributed by atoms with Crippen molar-refractivity contribution in [2.45, 2.75) is 31.2 Å². The van der Waals surface area contributed by atoms with E-state index in [1.54, 1.807) is 6.20 Å². The highest BCUT2D eigenvalue weighted by Crippen LogP contribution is 2.31. The van der Waals surface area contributed by atoms with Crippen molar-refractivity contribution in [2.24, 2.45) is 5.92 Å². The second-order valence-corrected chi connectivity index (χ2v) is 9.19. The van der Waals surface area contributed by atoms with Gasteiger partial charge in [0.15, 0.2) is 5.65 Å². The van der Waals surface area contributed by atoms with Crippen molar-refractivity contribution in [3.63, 3.8) is 0 Å². The average molecular weight is 418 g/mol. The molecule has 0 bridgehead atoms. The molecule has 0 radical (unpaired) electrons. The van der Waals surface area contributed by atoms with Crippen LogP contribution in [0.25, 0.3) is 11.2 Å². The molecule has 4 rings (SSSR count). The van der Waals surface area contributed by atoms with Crippen LogP contribution in [0.3, 0.4) is 0 Å². The standard InChI is InChI=1S/C20H23FN4O3S/c1-14-23-17-6-3-9-22-20(17)25(14)13-15-5-4-10-24(12-15)29(26,27)19-11-16(21)7-8-18(19)28-2/h3,6-9,11,15H,4-5,10,12-13H2,1-2H3. The highest BCUT2D eigenvalue weighted by Gasteiger charge is 2.33. The maximum absolute atomic E-state index is 13.7. The largest absolute Gasteiger partial charge is 0.495 e. The molecule has 1 fully saturated rings. The Hall–Kier alpha value is -2.52. The smallest absolute Gasteiger partial charge is 0.246 e. The number of piperidine rings is 1. The van der Waals surface area contributed by atoms with Crippen LogP contribution in [-0.4, -0.2) is 47.5 Å². The number of nitrogens with zero attached hydrogens (tertiary/aromatic N) is 4. The number of pyridine rings is 1. The molecule has 0 amide bonds. The van der Waals surface area contributed by atoms with E-state index in [1.165, 1.54) is 23.5 Å². The maximum atomic E-state index is 13.7. The van der Waals surface area contributed by atoms with E-state index in [1.807, 2.05) is 23.6 Å². The quantitative estimate of drug-likeness (QED) is 0.637. The van der Waals surface area contributed by atoms with E-state index in [0.717, 1.165) is 35.9 Å². The fourth-order valence-electron chi connectivity index (χ4n) is 3.93. The number of hydrogen-bond donors (Lipinski definition) is 0. The topological polar surface area (TPSA) is 77.3 Å². The summed E-state index contributed by atoms with van der Waals surface area (Å²) in [5.41, 5.74) is 1.63. The Morgan fingerprint density at radius 2 is 2.14 bits per heavy atom.